The van der Waals surface area contributed by atoms with E-state index in [0.29, 0.717) is 35.2 Å². The second kappa shape index (κ2) is 9.08. The summed E-state index contributed by atoms with van der Waals surface area (Å²) in [6, 6.07) is 6.96. The number of benzene rings is 1. The number of furan rings is 1. The molecule has 176 valence electrons. The fraction of sp³-hybridized carbons (Fsp3) is 0.364. The predicted molar refractivity (Wildman–Crippen MR) is 120 cm³/mol. The number of nitrogens with one attached hydrogen (secondary N) is 1. The van der Waals surface area contributed by atoms with E-state index in [9.17, 15) is 18.0 Å². The lowest BCUT2D eigenvalue weighted by Crippen LogP contribution is -2.34. The molecule has 3 heterocycles. The highest BCUT2D eigenvalue weighted by molar-refractivity contribution is 6.05. The van der Waals surface area contributed by atoms with Crippen LogP contribution in [0.4, 0.5) is 19.0 Å². The van der Waals surface area contributed by atoms with Crippen molar-refractivity contribution in [2.45, 2.75) is 32.9 Å². The number of primary amides is 1. The van der Waals surface area contributed by atoms with Crippen molar-refractivity contribution in [3.8, 4) is 0 Å². The number of para-hydroxylation sites is 1. The molecule has 1 amide bonds. The van der Waals surface area contributed by atoms with Crippen molar-refractivity contribution < 1.29 is 22.4 Å². The van der Waals surface area contributed by atoms with Crippen LogP contribution in [0.1, 0.15) is 32.5 Å². The van der Waals surface area contributed by atoms with Gasteiger partial charge in [0, 0.05) is 30.3 Å². The van der Waals surface area contributed by atoms with Crippen LogP contribution < -0.4 is 16.4 Å². The van der Waals surface area contributed by atoms with Gasteiger partial charge in [-0.2, -0.15) is 13.2 Å². The molecule has 0 bridgehead atoms. The highest BCUT2D eigenvalue weighted by atomic mass is 19.4. The highest BCUT2D eigenvalue weighted by Gasteiger charge is 2.37. The molecule has 5 N–H and O–H groups in total. The number of alkyl halides is 3. The van der Waals surface area contributed by atoms with Crippen LogP contribution in [-0.2, 0) is 11.0 Å². The Morgan fingerprint density at radius 1 is 1.18 bits per heavy atom. The Balaban J connectivity index is 0.000000239. The standard InChI is InChI=1S/C15H12F3N3O.C7H13N3O/c16-15(17,18)14-19-11-9-5-1-2-6-10(9)22-12(11)13(20-14)21-7-3-4-8-21;1-7(2,6(10)11)5(3-8)4-9/h1-2,5-6H,3-4,7-8H2;3-4,8H,9H2,1-2H3,(H2,10,11)/b;5-4+,8-3?. The van der Waals surface area contributed by atoms with E-state index in [1.54, 1.807) is 38.1 Å². The fourth-order valence-corrected chi connectivity index (χ4v) is 3.43. The number of rotatable bonds is 4. The molecule has 0 spiro atoms. The molecule has 1 aliphatic rings. The lowest BCUT2D eigenvalue weighted by atomic mass is 9.84. The summed E-state index contributed by atoms with van der Waals surface area (Å²) in [6.45, 7) is 4.61. The van der Waals surface area contributed by atoms with Gasteiger partial charge in [0.1, 0.15) is 11.1 Å². The molecule has 4 rings (SSSR count). The van der Waals surface area contributed by atoms with Crippen molar-refractivity contribution in [3.63, 3.8) is 0 Å². The number of carbonyl (C=O) groups excluding carboxylic acids is 1. The molecule has 1 aromatic carbocycles. The molecular formula is C22H25F3N6O2. The predicted octanol–water partition coefficient (Wildman–Crippen LogP) is 3.99. The Hall–Kier alpha value is -3.63. The van der Waals surface area contributed by atoms with E-state index in [1.807, 2.05) is 4.90 Å². The van der Waals surface area contributed by atoms with Gasteiger partial charge in [0.25, 0.3) is 0 Å². The summed E-state index contributed by atoms with van der Waals surface area (Å²) in [6.07, 6.45) is -0.455. The van der Waals surface area contributed by atoms with Crippen LogP contribution in [0.15, 0.2) is 40.5 Å². The minimum Gasteiger partial charge on any atom is -0.450 e. The van der Waals surface area contributed by atoms with Gasteiger partial charge in [-0.25, -0.2) is 9.97 Å². The summed E-state index contributed by atoms with van der Waals surface area (Å²) in [4.78, 5) is 20.1. The number of hydrogen-bond donors (Lipinski definition) is 3. The van der Waals surface area contributed by atoms with Crippen molar-refractivity contribution in [1.82, 2.24) is 9.97 Å². The Morgan fingerprint density at radius 3 is 2.33 bits per heavy atom. The lowest BCUT2D eigenvalue weighted by Gasteiger charge is -2.20. The summed E-state index contributed by atoms with van der Waals surface area (Å²) in [5, 5.41) is 7.50. The molecular weight excluding hydrogens is 437 g/mol. The topological polar surface area (TPSA) is 135 Å². The molecule has 0 unspecified atom stereocenters. The number of nitrogens with zero attached hydrogens (tertiary/aromatic N) is 3. The first-order valence-electron chi connectivity index (χ1n) is 10.2. The number of nitrogens with two attached hydrogens (primary N) is 2. The van der Waals surface area contributed by atoms with E-state index in [2.05, 4.69) is 9.97 Å². The van der Waals surface area contributed by atoms with Gasteiger partial charge in [0.2, 0.25) is 11.7 Å². The monoisotopic (exact) mass is 462 g/mol. The quantitative estimate of drug-likeness (QED) is 0.502. The Kier molecular flexibility index (Phi) is 6.61. The number of hydrogen-bond acceptors (Lipinski definition) is 7. The van der Waals surface area contributed by atoms with Crippen LogP contribution in [0.5, 0.6) is 0 Å². The summed E-state index contributed by atoms with van der Waals surface area (Å²) in [5.74, 6) is -1.36. The number of aromatic nitrogens is 2. The van der Waals surface area contributed by atoms with Crippen molar-refractivity contribution in [2.24, 2.45) is 16.9 Å². The summed E-state index contributed by atoms with van der Waals surface area (Å²) >= 11 is 0. The van der Waals surface area contributed by atoms with Crippen LogP contribution in [0.2, 0.25) is 0 Å². The fourth-order valence-electron chi connectivity index (χ4n) is 3.43. The summed E-state index contributed by atoms with van der Waals surface area (Å²) in [7, 11) is 0. The third kappa shape index (κ3) is 4.76. The second-order valence-corrected chi connectivity index (χ2v) is 8.09. The molecule has 11 heteroatoms. The molecule has 0 radical (unpaired) electrons. The number of halogens is 3. The van der Waals surface area contributed by atoms with Crippen molar-refractivity contribution in [1.29, 1.82) is 5.41 Å². The van der Waals surface area contributed by atoms with Gasteiger partial charge in [-0.15, -0.1) is 0 Å². The van der Waals surface area contributed by atoms with Gasteiger partial charge >= 0.3 is 6.18 Å². The zero-order valence-corrected chi connectivity index (χ0v) is 18.2. The van der Waals surface area contributed by atoms with Gasteiger partial charge in [-0.3, -0.25) is 4.79 Å². The van der Waals surface area contributed by atoms with E-state index in [4.69, 9.17) is 21.3 Å². The highest BCUT2D eigenvalue weighted by Crippen LogP contribution is 2.37. The zero-order valence-electron chi connectivity index (χ0n) is 18.2. The van der Waals surface area contributed by atoms with E-state index < -0.39 is 23.3 Å². The number of anilines is 1. The maximum Gasteiger partial charge on any atom is 0.451 e. The minimum atomic E-state index is -4.58. The maximum atomic E-state index is 13.1. The van der Waals surface area contributed by atoms with Gasteiger partial charge in [-0.05, 0) is 45.0 Å². The van der Waals surface area contributed by atoms with Gasteiger partial charge < -0.3 is 26.2 Å². The van der Waals surface area contributed by atoms with Gasteiger partial charge in [-0.1, -0.05) is 12.1 Å². The van der Waals surface area contributed by atoms with Crippen molar-refractivity contribution >= 4 is 40.0 Å². The number of carbonyl (C=O) groups is 1. The molecule has 1 aliphatic heterocycles. The molecule has 2 aromatic heterocycles. The van der Waals surface area contributed by atoms with Gasteiger partial charge in [0.05, 0.1) is 5.41 Å². The van der Waals surface area contributed by atoms with Crippen LogP contribution >= 0.6 is 0 Å². The van der Waals surface area contributed by atoms with Crippen LogP contribution in [-0.4, -0.2) is 35.2 Å². The average molecular weight is 462 g/mol. The van der Waals surface area contributed by atoms with Crippen LogP contribution in [0, 0.1) is 10.8 Å². The third-order valence-electron chi connectivity index (χ3n) is 5.53. The first kappa shape index (κ1) is 24.0. The molecule has 33 heavy (non-hydrogen) atoms. The SMILES string of the molecule is CC(C)(C(N)=O)/C(C=N)=C/N.FC(F)(F)c1nc(N2CCCC2)c2oc3ccccc3c2n1. The average Bonchev–Trinajstić information content (AvgIpc) is 3.41. The largest absolute Gasteiger partial charge is 0.451 e. The first-order valence-corrected chi connectivity index (χ1v) is 10.2. The first-order chi connectivity index (χ1) is 15.5. The summed E-state index contributed by atoms with van der Waals surface area (Å²) in [5.41, 5.74) is 10.9. The molecule has 1 fully saturated rings. The van der Waals surface area contributed by atoms with Gasteiger partial charge in [0.15, 0.2) is 11.4 Å². The molecule has 0 saturated carbocycles. The lowest BCUT2D eigenvalue weighted by molar-refractivity contribution is -0.144. The smallest absolute Gasteiger partial charge is 0.450 e. The maximum absolute atomic E-state index is 13.1. The number of fused-ring (bicyclic) bond motifs is 3. The molecule has 0 atom stereocenters. The second-order valence-electron chi connectivity index (χ2n) is 8.09. The molecule has 3 aromatic rings. The third-order valence-corrected chi connectivity index (χ3v) is 5.53. The molecule has 1 saturated heterocycles. The zero-order chi connectivity index (χ0) is 24.4. The van der Waals surface area contributed by atoms with Crippen molar-refractivity contribution in [3.05, 3.63) is 41.9 Å². The van der Waals surface area contributed by atoms with E-state index in [-0.39, 0.29) is 11.3 Å². The minimum absolute atomic E-state index is 0.222. The molecule has 0 aliphatic carbocycles. The van der Waals surface area contributed by atoms with Crippen molar-refractivity contribution in [2.75, 3.05) is 18.0 Å². The van der Waals surface area contributed by atoms with E-state index >= 15 is 0 Å². The van der Waals surface area contributed by atoms with E-state index in [1.165, 1.54) is 6.20 Å². The summed E-state index contributed by atoms with van der Waals surface area (Å²) < 4.78 is 45.1. The number of amides is 1. The normalized spacial score (nSPS) is 14.9. The molecule has 8 nitrogen and oxygen atoms in total. The van der Waals surface area contributed by atoms with Crippen LogP contribution in [0.25, 0.3) is 22.1 Å². The Labute approximate surface area is 188 Å². The Morgan fingerprint density at radius 2 is 1.82 bits per heavy atom. The Bertz CT molecular complexity index is 1210. The van der Waals surface area contributed by atoms with E-state index in [0.717, 1.165) is 19.1 Å². The van der Waals surface area contributed by atoms with Crippen LogP contribution in [0.3, 0.4) is 0 Å².